The van der Waals surface area contributed by atoms with Crippen LogP contribution in [0.4, 0.5) is 5.69 Å². The van der Waals surface area contributed by atoms with E-state index in [9.17, 15) is 4.79 Å². The van der Waals surface area contributed by atoms with Crippen molar-refractivity contribution in [2.45, 2.75) is 33.1 Å². The predicted molar refractivity (Wildman–Crippen MR) is 82.0 cm³/mol. The molecule has 106 valence electrons. The lowest BCUT2D eigenvalue weighted by Gasteiger charge is -2.11. The van der Waals surface area contributed by atoms with E-state index in [1.807, 2.05) is 6.07 Å². The zero-order valence-corrected chi connectivity index (χ0v) is 12.5. The fourth-order valence-electron chi connectivity index (χ4n) is 2.49. The smallest absolute Gasteiger partial charge is 0.224 e. The predicted octanol–water partition coefficient (Wildman–Crippen LogP) is 2.92. The van der Waals surface area contributed by atoms with Crippen LogP contribution in [-0.2, 0) is 11.2 Å². The second kappa shape index (κ2) is 7.51. The summed E-state index contributed by atoms with van der Waals surface area (Å²) < 4.78 is 0. The summed E-state index contributed by atoms with van der Waals surface area (Å²) in [6.07, 6.45) is 2.74. The summed E-state index contributed by atoms with van der Waals surface area (Å²) in [7, 11) is 0. The molecule has 2 rings (SSSR count). The summed E-state index contributed by atoms with van der Waals surface area (Å²) in [6, 6.07) is 6.14. The first-order valence-electron chi connectivity index (χ1n) is 6.79. The normalized spacial score (nSPS) is 17.9. The zero-order valence-electron chi connectivity index (χ0n) is 11.7. The van der Waals surface area contributed by atoms with Crippen molar-refractivity contribution in [3.8, 4) is 0 Å². The van der Waals surface area contributed by atoms with Gasteiger partial charge in [-0.3, -0.25) is 4.79 Å². The topological polar surface area (TPSA) is 41.1 Å². The van der Waals surface area contributed by atoms with Gasteiger partial charge in [0.2, 0.25) is 5.91 Å². The first kappa shape index (κ1) is 16.0. The largest absolute Gasteiger partial charge is 0.326 e. The highest BCUT2D eigenvalue weighted by molar-refractivity contribution is 5.91. The van der Waals surface area contributed by atoms with Crippen molar-refractivity contribution in [3.63, 3.8) is 0 Å². The molecule has 0 radical (unpaired) electrons. The van der Waals surface area contributed by atoms with Crippen LogP contribution in [0.3, 0.4) is 0 Å². The molecular weight excluding hydrogens is 260 g/mol. The second-order valence-electron chi connectivity index (χ2n) is 5.11. The number of hydrogen-bond donors (Lipinski definition) is 2. The van der Waals surface area contributed by atoms with E-state index >= 15 is 0 Å². The van der Waals surface area contributed by atoms with Crippen LogP contribution in [0.2, 0.25) is 0 Å². The van der Waals surface area contributed by atoms with Gasteiger partial charge in [0, 0.05) is 12.1 Å². The Morgan fingerprint density at radius 1 is 1.47 bits per heavy atom. The highest BCUT2D eigenvalue weighted by Gasteiger charge is 2.18. The van der Waals surface area contributed by atoms with E-state index in [-0.39, 0.29) is 18.3 Å². The van der Waals surface area contributed by atoms with Crippen LogP contribution >= 0.6 is 12.4 Å². The van der Waals surface area contributed by atoms with E-state index in [2.05, 4.69) is 36.6 Å². The lowest BCUT2D eigenvalue weighted by molar-refractivity contribution is -0.116. The van der Waals surface area contributed by atoms with Crippen LogP contribution in [0.1, 0.15) is 30.9 Å². The van der Waals surface area contributed by atoms with E-state index in [4.69, 9.17) is 0 Å². The molecule has 1 aliphatic heterocycles. The van der Waals surface area contributed by atoms with Crippen LogP contribution in [0.25, 0.3) is 0 Å². The second-order valence-corrected chi connectivity index (χ2v) is 5.11. The molecule has 1 atom stereocenters. The molecule has 3 nitrogen and oxygen atoms in total. The van der Waals surface area contributed by atoms with E-state index in [1.54, 1.807) is 0 Å². The minimum atomic E-state index is 0. The third kappa shape index (κ3) is 4.51. The number of aryl methyl sites for hydroxylation is 2. The van der Waals surface area contributed by atoms with Gasteiger partial charge in [-0.25, -0.2) is 0 Å². The first-order valence-corrected chi connectivity index (χ1v) is 6.79. The molecule has 4 heteroatoms. The summed E-state index contributed by atoms with van der Waals surface area (Å²) >= 11 is 0. The van der Waals surface area contributed by atoms with E-state index in [0.29, 0.717) is 12.3 Å². The van der Waals surface area contributed by atoms with Crippen molar-refractivity contribution in [2.75, 3.05) is 18.4 Å². The van der Waals surface area contributed by atoms with Gasteiger partial charge < -0.3 is 10.6 Å². The molecular formula is C15H23ClN2O. The van der Waals surface area contributed by atoms with Gasteiger partial charge in [0.25, 0.3) is 0 Å². The molecule has 1 amide bonds. The van der Waals surface area contributed by atoms with E-state index in [1.165, 1.54) is 11.1 Å². The first-order chi connectivity index (χ1) is 8.69. The standard InChI is InChI=1S/C15H22N2O.ClH/c1-3-13-9-14(5-4-11(13)2)17-15(18)8-12-6-7-16-10-12;/h4-5,9,12,16H,3,6-8,10H2,1-2H3,(H,17,18);1H. The lowest BCUT2D eigenvalue weighted by atomic mass is 10.0. The third-order valence-electron chi connectivity index (χ3n) is 3.65. The third-order valence-corrected chi connectivity index (χ3v) is 3.65. The molecule has 0 aliphatic carbocycles. The molecule has 1 unspecified atom stereocenters. The van der Waals surface area contributed by atoms with E-state index < -0.39 is 0 Å². The molecule has 1 aromatic rings. The molecule has 1 heterocycles. The molecule has 19 heavy (non-hydrogen) atoms. The average molecular weight is 283 g/mol. The van der Waals surface area contributed by atoms with Crippen LogP contribution in [0, 0.1) is 12.8 Å². The van der Waals surface area contributed by atoms with Crippen molar-refractivity contribution in [2.24, 2.45) is 5.92 Å². The number of anilines is 1. The molecule has 0 saturated carbocycles. The molecule has 0 aromatic heterocycles. The Morgan fingerprint density at radius 3 is 2.89 bits per heavy atom. The Balaban J connectivity index is 0.00000180. The molecule has 1 fully saturated rings. The van der Waals surface area contributed by atoms with Gasteiger partial charge in [-0.2, -0.15) is 0 Å². The van der Waals surface area contributed by atoms with Crippen molar-refractivity contribution < 1.29 is 4.79 Å². The number of hydrogen-bond acceptors (Lipinski definition) is 2. The van der Waals surface area contributed by atoms with Crippen LogP contribution in [-0.4, -0.2) is 19.0 Å². The van der Waals surface area contributed by atoms with Gasteiger partial charge in [0.05, 0.1) is 0 Å². The molecule has 1 aliphatic rings. The fourth-order valence-corrected chi connectivity index (χ4v) is 2.49. The maximum absolute atomic E-state index is 11.9. The van der Waals surface area contributed by atoms with Crippen LogP contribution in [0.15, 0.2) is 18.2 Å². The number of carbonyl (C=O) groups is 1. The number of amides is 1. The summed E-state index contributed by atoms with van der Waals surface area (Å²) in [5.41, 5.74) is 3.51. The molecule has 0 spiro atoms. The molecule has 0 bridgehead atoms. The van der Waals surface area contributed by atoms with Crippen molar-refractivity contribution in [3.05, 3.63) is 29.3 Å². The van der Waals surface area contributed by atoms with Gasteiger partial charge in [0.15, 0.2) is 0 Å². The van der Waals surface area contributed by atoms with Gasteiger partial charge in [-0.15, -0.1) is 12.4 Å². The van der Waals surface area contributed by atoms with Gasteiger partial charge in [-0.05, 0) is 62.0 Å². The van der Waals surface area contributed by atoms with Crippen LogP contribution < -0.4 is 10.6 Å². The van der Waals surface area contributed by atoms with Crippen molar-refractivity contribution >= 4 is 24.0 Å². The van der Waals surface area contributed by atoms with Crippen molar-refractivity contribution in [1.29, 1.82) is 0 Å². The Bertz CT molecular complexity index is 428. The Morgan fingerprint density at radius 2 is 2.26 bits per heavy atom. The SMILES string of the molecule is CCc1cc(NC(=O)CC2CCNC2)ccc1C.Cl. The lowest BCUT2D eigenvalue weighted by Crippen LogP contribution is -2.18. The number of carbonyl (C=O) groups excluding carboxylic acids is 1. The van der Waals surface area contributed by atoms with Gasteiger partial charge in [0.1, 0.15) is 0 Å². The minimum absolute atomic E-state index is 0. The number of nitrogens with one attached hydrogen (secondary N) is 2. The summed E-state index contributed by atoms with van der Waals surface area (Å²) in [5.74, 6) is 0.635. The van der Waals surface area contributed by atoms with Gasteiger partial charge in [-0.1, -0.05) is 13.0 Å². The minimum Gasteiger partial charge on any atom is -0.326 e. The molecule has 2 N–H and O–H groups in total. The monoisotopic (exact) mass is 282 g/mol. The highest BCUT2D eigenvalue weighted by Crippen LogP contribution is 2.18. The van der Waals surface area contributed by atoms with Crippen molar-refractivity contribution in [1.82, 2.24) is 5.32 Å². The average Bonchev–Trinajstić information content (AvgIpc) is 2.84. The highest BCUT2D eigenvalue weighted by atomic mass is 35.5. The molecule has 1 aromatic carbocycles. The Hall–Kier alpha value is -1.06. The Kier molecular flexibility index (Phi) is 6.32. The number of benzene rings is 1. The van der Waals surface area contributed by atoms with E-state index in [0.717, 1.165) is 31.6 Å². The quantitative estimate of drug-likeness (QED) is 0.891. The van der Waals surface area contributed by atoms with Crippen LogP contribution in [0.5, 0.6) is 0 Å². The molecule has 1 saturated heterocycles. The summed E-state index contributed by atoms with van der Waals surface area (Å²) in [4.78, 5) is 11.9. The zero-order chi connectivity index (χ0) is 13.0. The number of halogens is 1. The maximum Gasteiger partial charge on any atom is 0.224 e. The fraction of sp³-hybridized carbons (Fsp3) is 0.533. The summed E-state index contributed by atoms with van der Waals surface area (Å²) in [5, 5.41) is 6.29. The van der Waals surface area contributed by atoms with Gasteiger partial charge >= 0.3 is 0 Å². The Labute approximate surface area is 121 Å². The number of rotatable bonds is 4. The summed E-state index contributed by atoms with van der Waals surface area (Å²) in [6.45, 7) is 6.26. The maximum atomic E-state index is 11.9.